The van der Waals surface area contributed by atoms with Crippen LogP contribution in [0.5, 0.6) is 0 Å². The van der Waals surface area contributed by atoms with Crippen LogP contribution in [0, 0.1) is 210 Å². The lowest BCUT2D eigenvalue weighted by Crippen LogP contribution is -2.72. The largest absolute Gasteiger partial charge is 0.481 e. The van der Waals surface area contributed by atoms with Crippen molar-refractivity contribution in [3.05, 3.63) is 0 Å². The number of aliphatic carboxylic acids is 1. The number of hydrogen-bond donors (Lipinski definition) is 6. The van der Waals surface area contributed by atoms with E-state index < -0.39 is 45.3 Å². The van der Waals surface area contributed by atoms with Crippen LogP contribution in [-0.2, 0) is 42.9 Å². The van der Waals surface area contributed by atoms with Crippen LogP contribution in [0.1, 0.15) is 480 Å². The van der Waals surface area contributed by atoms with Crippen LogP contribution in [0.25, 0.3) is 0 Å². The maximum absolute atomic E-state index is 12.8. The number of carboxylic acid groups (broad SMARTS) is 1. The highest BCUT2D eigenvalue weighted by atomic mass is 16.6. The summed E-state index contributed by atoms with van der Waals surface area (Å²) >= 11 is 0. The van der Waals surface area contributed by atoms with Gasteiger partial charge in [-0.2, -0.15) is 0 Å². The molecule has 23 aliphatic carbocycles. The standard InChI is InChI=1S/C21H36O2.C19H32O2.C17H28O3.C16H26O5.C10H16O2.C10H18.C9H16O.C9H16.10CH4/c1-8-18(3,4)17(22)23-20(7)11-12-21-13-16(20)19(5,6)15(21)10-9-14(21)2;1-6-18(4,5)17(20)21-19(12(2)3)15-8-13-7-14(10-15)11-16(19)9-13;1-5-15(2,3)14(18)20-16(4)12-6-11-7-13(16)10-17(19,8-11)9-12;1-4-13(2,3)12(17)21-11-10-5-14(18)7-15(19,6-10)9-16(11,20)8-14;1-5-6(2)8-3-7(5)4-9(8)10(11)12;1-6-4-9-5-10(6)8(3)7(9)2;1-5-6(2)8-3-7(5)4-9(8)10;1-6-7(2)9-4-3-8(6)5-9;;;;;;;;;;/h14-16H,8-13H2,1-7H3;12-16H,6-11H2,1-5H3;11-13,19H,5-10H2,1-4H3;10-11,18-20H,4-9H2,1-3H3;5-9H,3-4H2,1-2H3,(H,11,12);6-10H,4-5H2,1-3H3;5-10H,3-4H2,1-2H3;6-9H,3-5H2,1-2H3;10*1H4/t14-,15?,16-,20-,21+;;;;;;;;;;;;;;;;;/m1................./s1. The van der Waals surface area contributed by atoms with Crippen molar-refractivity contribution in [3.8, 4) is 0 Å². The van der Waals surface area contributed by atoms with E-state index in [2.05, 4.69) is 125 Å². The summed E-state index contributed by atoms with van der Waals surface area (Å²) in [5.41, 5.74) is -5.51. The lowest BCUT2D eigenvalue weighted by Gasteiger charge is -2.63. The topological polar surface area (TPSA) is 244 Å². The summed E-state index contributed by atoms with van der Waals surface area (Å²) in [4.78, 5) is 61.2. The average molecular weight is 1920 g/mol. The molecule has 0 amide bonds. The average Bonchev–Trinajstić information content (AvgIpc) is 1.60. The third-order valence-corrected chi connectivity index (χ3v) is 44.1. The SMILES string of the molecule is C.C.C.C.C.C.C.C.C.C.CC1C2CC(C(=O)O)C(C2)C1C.CC1C2CC(O)C(C2)C1C.CC1C2CCC(C2)C1C.CC1CC2CC1C(C)C2C.CCC(C)(C)C(=O)OC1(C(C)C)C2CC3CC(C2)CC1C3.CCC(C)(C)C(=O)OC1(C)C2CC3CC1CC(O)(C3)C2.CCC(C)(C)C(=O)OC1C2CC3(O)CC(O)(C2)CC1(O)C3.CCC(C)(C)C(=O)O[C@]1(C)CC[C@@]23C[C@@H]1C(C)(C)C2CC[C@H]3C. The van der Waals surface area contributed by atoms with E-state index >= 15 is 0 Å². The molecule has 6 N–H and O–H groups in total. The Morgan fingerprint density at radius 1 is 0.375 bits per heavy atom. The number of hydrogen-bond acceptors (Lipinski definition) is 14. The molecule has 1 spiro atoms. The molecule has 22 bridgehead atoms. The highest BCUT2D eigenvalue weighted by molar-refractivity contribution is 5.78. The number of rotatable bonds is 14. The van der Waals surface area contributed by atoms with E-state index in [1.165, 1.54) is 89.9 Å². The fourth-order valence-corrected chi connectivity index (χ4v) is 33.9. The van der Waals surface area contributed by atoms with Gasteiger partial charge in [0, 0.05) is 42.9 Å². The monoisotopic (exact) mass is 1920 g/mol. The first kappa shape index (κ1) is 127. The number of fused-ring (bicyclic) bond motifs is 9. The minimum Gasteiger partial charge on any atom is -0.481 e. The van der Waals surface area contributed by atoms with Crippen molar-refractivity contribution in [2.75, 3.05) is 0 Å². The highest BCUT2D eigenvalue weighted by Crippen LogP contribution is 2.75. The molecule has 25 unspecified atom stereocenters. The van der Waals surface area contributed by atoms with E-state index in [0.29, 0.717) is 96.2 Å². The van der Waals surface area contributed by atoms with Crippen molar-refractivity contribution in [2.24, 2.45) is 210 Å². The van der Waals surface area contributed by atoms with Gasteiger partial charge < -0.3 is 49.6 Å². The smallest absolute Gasteiger partial charge is 0.312 e. The normalized spacial score (nSPS) is 45.4. The summed E-state index contributed by atoms with van der Waals surface area (Å²) in [5, 5.41) is 61.0. The number of carboxylic acids is 1. The molecule has 802 valence electrons. The minimum absolute atomic E-state index is 0. The zero-order valence-electron chi connectivity index (χ0n) is 85.2. The predicted molar refractivity (Wildman–Crippen MR) is 568 cm³/mol. The van der Waals surface area contributed by atoms with Crippen molar-refractivity contribution >= 4 is 29.8 Å². The van der Waals surface area contributed by atoms with Crippen molar-refractivity contribution in [1.82, 2.24) is 0 Å². The van der Waals surface area contributed by atoms with Gasteiger partial charge in [0.15, 0.2) is 0 Å². The molecule has 0 heterocycles. The molecule has 15 nitrogen and oxygen atoms in total. The van der Waals surface area contributed by atoms with E-state index in [1.807, 2.05) is 69.2 Å². The van der Waals surface area contributed by atoms with E-state index in [1.54, 1.807) is 12.8 Å². The molecule has 0 aromatic carbocycles. The van der Waals surface area contributed by atoms with Crippen molar-refractivity contribution in [2.45, 2.75) is 531 Å². The molecule has 23 saturated carbocycles. The van der Waals surface area contributed by atoms with E-state index in [9.17, 15) is 49.5 Å². The summed E-state index contributed by atoms with van der Waals surface area (Å²) in [7, 11) is 0. The third kappa shape index (κ3) is 23.5. The highest BCUT2D eigenvalue weighted by Gasteiger charge is 2.72. The Morgan fingerprint density at radius 3 is 1.15 bits per heavy atom. The molecule has 15 heteroatoms. The fourth-order valence-electron chi connectivity index (χ4n) is 33.9. The summed E-state index contributed by atoms with van der Waals surface area (Å²) in [6, 6.07) is 0. The summed E-state index contributed by atoms with van der Waals surface area (Å²) < 4.78 is 24.4. The van der Waals surface area contributed by atoms with Gasteiger partial charge >= 0.3 is 29.8 Å². The molecular formula is C121H228O15. The van der Waals surface area contributed by atoms with Crippen LogP contribution in [-0.4, -0.2) is 112 Å². The Kier molecular flexibility index (Phi) is 42.7. The van der Waals surface area contributed by atoms with Gasteiger partial charge in [0.05, 0.1) is 50.5 Å². The zero-order chi connectivity index (χ0) is 93.0. The fraction of sp³-hybridized carbons (Fsp3) is 0.959. The molecule has 23 rings (SSSR count). The van der Waals surface area contributed by atoms with Crippen LogP contribution in [0.3, 0.4) is 0 Å². The first-order valence-electron chi connectivity index (χ1n) is 53.0. The van der Waals surface area contributed by atoms with Gasteiger partial charge in [-0.3, -0.25) is 24.0 Å². The van der Waals surface area contributed by atoms with Crippen LogP contribution < -0.4 is 0 Å². The zero-order valence-corrected chi connectivity index (χ0v) is 85.2. The quantitative estimate of drug-likeness (QED) is 0.0700. The lowest BCUT2D eigenvalue weighted by molar-refractivity contribution is -0.298. The first-order valence-corrected chi connectivity index (χ1v) is 53.0. The molecule has 136 heavy (non-hydrogen) atoms. The van der Waals surface area contributed by atoms with Gasteiger partial charge in [0.25, 0.3) is 0 Å². The second-order valence-corrected chi connectivity index (χ2v) is 53.3. The molecule has 0 aliphatic heterocycles. The lowest BCUT2D eigenvalue weighted by atomic mass is 9.47. The van der Waals surface area contributed by atoms with Crippen molar-refractivity contribution < 1.29 is 73.6 Å². The van der Waals surface area contributed by atoms with Gasteiger partial charge in [0.1, 0.15) is 28.5 Å². The Bertz CT molecular complexity index is 3710. The molecule has 23 fully saturated rings. The second-order valence-electron chi connectivity index (χ2n) is 53.3. The predicted octanol–water partition coefficient (Wildman–Crippen LogP) is 30.5. The molecule has 0 radical (unpaired) electrons. The van der Waals surface area contributed by atoms with Crippen LogP contribution in [0.15, 0.2) is 0 Å². The van der Waals surface area contributed by atoms with Gasteiger partial charge in [-0.05, 0) is 421 Å². The number of ether oxygens (including phenoxy) is 4. The molecule has 0 saturated heterocycles. The molecule has 0 aromatic heterocycles. The van der Waals surface area contributed by atoms with Gasteiger partial charge in [0.2, 0.25) is 0 Å². The number of carbonyl (C=O) groups excluding carboxylic acids is 4. The summed E-state index contributed by atoms with van der Waals surface area (Å²) in [5.74, 6) is 21.1. The van der Waals surface area contributed by atoms with Crippen molar-refractivity contribution in [3.63, 3.8) is 0 Å². The van der Waals surface area contributed by atoms with Gasteiger partial charge in [-0.1, -0.05) is 199 Å². The number of esters is 4. The molecule has 0 aromatic rings. The molecule has 29 atom stereocenters. The maximum Gasteiger partial charge on any atom is 0.312 e. The first-order chi connectivity index (χ1) is 58.3. The van der Waals surface area contributed by atoms with Gasteiger partial charge in [-0.25, -0.2) is 0 Å². The Hall–Kier alpha value is -2.85. The number of carbonyl (C=O) groups is 5. The molecule has 23 aliphatic rings. The van der Waals surface area contributed by atoms with Gasteiger partial charge in [-0.15, -0.1) is 0 Å². The van der Waals surface area contributed by atoms with E-state index in [4.69, 9.17) is 24.1 Å². The van der Waals surface area contributed by atoms with Crippen LogP contribution >= 0.6 is 0 Å². The minimum atomic E-state index is -1.30. The second kappa shape index (κ2) is 45.6. The number of aliphatic hydroxyl groups is 5. The van der Waals surface area contributed by atoms with E-state index in [0.717, 1.165) is 171 Å². The summed E-state index contributed by atoms with van der Waals surface area (Å²) in [6.07, 6.45) is 34.2. The third-order valence-electron chi connectivity index (χ3n) is 44.1. The van der Waals surface area contributed by atoms with E-state index in [-0.39, 0.29) is 162 Å². The summed E-state index contributed by atoms with van der Waals surface area (Å²) in [6.45, 7) is 61.3. The van der Waals surface area contributed by atoms with Crippen LogP contribution in [0.4, 0.5) is 0 Å². The Morgan fingerprint density at radius 2 is 0.779 bits per heavy atom. The molecular weight excluding hydrogens is 1690 g/mol. The number of aliphatic hydroxyl groups excluding tert-OH is 1. The maximum atomic E-state index is 12.8. The Labute approximate surface area is 840 Å². The Balaban J connectivity index is 0.000000403. The van der Waals surface area contributed by atoms with Crippen molar-refractivity contribution in [1.29, 1.82) is 0 Å². The van der Waals surface area contributed by atoms with Crippen LogP contribution in [0.2, 0.25) is 0 Å².